The van der Waals surface area contributed by atoms with Crippen LogP contribution < -0.4 is 5.32 Å². The molecule has 2 aromatic heterocycles. The predicted molar refractivity (Wildman–Crippen MR) is 90.2 cm³/mol. The smallest absolute Gasteiger partial charge is 0.228 e. The molecule has 4 aromatic rings. The van der Waals surface area contributed by atoms with E-state index in [0.717, 1.165) is 33.2 Å². The van der Waals surface area contributed by atoms with Gasteiger partial charge >= 0.3 is 0 Å². The van der Waals surface area contributed by atoms with E-state index in [4.69, 9.17) is 0 Å². The number of para-hydroxylation sites is 1. The number of carbonyl (C=O) groups excluding carboxylic acids is 1. The molecular formula is C18H14N4O. The Balaban J connectivity index is 1.55. The molecule has 5 nitrogen and oxygen atoms in total. The van der Waals surface area contributed by atoms with Crippen molar-refractivity contribution in [3.8, 4) is 0 Å². The Bertz CT molecular complexity index is 1010. The molecule has 0 aliphatic carbocycles. The number of nitrogens with zero attached hydrogens (tertiary/aromatic N) is 2. The van der Waals surface area contributed by atoms with E-state index in [2.05, 4.69) is 20.3 Å². The maximum Gasteiger partial charge on any atom is 0.228 e. The summed E-state index contributed by atoms with van der Waals surface area (Å²) in [6.07, 6.45) is 5.50. The first-order valence-corrected chi connectivity index (χ1v) is 7.35. The lowest BCUT2D eigenvalue weighted by Gasteiger charge is -2.05. The van der Waals surface area contributed by atoms with Gasteiger partial charge in [-0.15, -0.1) is 0 Å². The Hall–Kier alpha value is -3.21. The van der Waals surface area contributed by atoms with Crippen molar-refractivity contribution in [1.82, 2.24) is 15.0 Å². The summed E-state index contributed by atoms with van der Waals surface area (Å²) < 4.78 is 0. The number of hydrogen-bond donors (Lipinski definition) is 2. The minimum absolute atomic E-state index is 0.0574. The third-order valence-corrected chi connectivity index (χ3v) is 3.78. The maximum atomic E-state index is 12.3. The lowest BCUT2D eigenvalue weighted by molar-refractivity contribution is -0.115. The summed E-state index contributed by atoms with van der Waals surface area (Å²) in [6.45, 7) is 0. The van der Waals surface area contributed by atoms with Gasteiger partial charge in [0.05, 0.1) is 17.5 Å². The maximum absolute atomic E-state index is 12.3. The van der Waals surface area contributed by atoms with E-state index in [9.17, 15) is 4.79 Å². The number of anilines is 1. The van der Waals surface area contributed by atoms with Crippen LogP contribution >= 0.6 is 0 Å². The van der Waals surface area contributed by atoms with Crippen molar-refractivity contribution in [2.24, 2.45) is 0 Å². The second-order valence-corrected chi connectivity index (χ2v) is 5.34. The zero-order valence-corrected chi connectivity index (χ0v) is 12.3. The van der Waals surface area contributed by atoms with Gasteiger partial charge in [0.25, 0.3) is 0 Å². The van der Waals surface area contributed by atoms with E-state index >= 15 is 0 Å². The van der Waals surface area contributed by atoms with Crippen molar-refractivity contribution in [1.29, 1.82) is 0 Å². The third-order valence-electron chi connectivity index (χ3n) is 3.78. The van der Waals surface area contributed by atoms with E-state index in [1.165, 1.54) is 0 Å². The van der Waals surface area contributed by atoms with Crippen molar-refractivity contribution in [2.75, 3.05) is 5.32 Å². The second kappa shape index (κ2) is 5.53. The van der Waals surface area contributed by atoms with Gasteiger partial charge in [-0.25, -0.2) is 0 Å². The van der Waals surface area contributed by atoms with Crippen molar-refractivity contribution in [3.63, 3.8) is 0 Å². The fourth-order valence-corrected chi connectivity index (χ4v) is 2.70. The van der Waals surface area contributed by atoms with Crippen LogP contribution in [0.3, 0.4) is 0 Å². The highest BCUT2D eigenvalue weighted by Gasteiger charge is 2.09. The van der Waals surface area contributed by atoms with Crippen molar-refractivity contribution < 1.29 is 4.79 Å². The van der Waals surface area contributed by atoms with Gasteiger partial charge < -0.3 is 10.3 Å². The van der Waals surface area contributed by atoms with Gasteiger partial charge in [-0.1, -0.05) is 18.2 Å². The SMILES string of the molecule is O=C(Cc1c[nH]c2ccccc12)Nc1ccc2nccnc2c1. The molecule has 0 aliphatic rings. The monoisotopic (exact) mass is 302 g/mol. The first kappa shape index (κ1) is 13.5. The van der Waals surface area contributed by atoms with Crippen molar-refractivity contribution in [3.05, 3.63) is 66.6 Å². The molecule has 2 N–H and O–H groups in total. The highest BCUT2D eigenvalue weighted by atomic mass is 16.1. The van der Waals surface area contributed by atoms with E-state index in [1.54, 1.807) is 12.4 Å². The van der Waals surface area contributed by atoms with E-state index < -0.39 is 0 Å². The van der Waals surface area contributed by atoms with E-state index in [-0.39, 0.29) is 5.91 Å². The second-order valence-electron chi connectivity index (χ2n) is 5.34. The Morgan fingerprint density at radius 3 is 2.78 bits per heavy atom. The summed E-state index contributed by atoms with van der Waals surface area (Å²) in [7, 11) is 0. The molecule has 4 rings (SSSR count). The standard InChI is InChI=1S/C18H14N4O/c23-18(9-12-11-21-15-4-2-1-3-14(12)15)22-13-5-6-16-17(10-13)20-8-7-19-16/h1-8,10-11,21H,9H2,(H,22,23). The lowest BCUT2D eigenvalue weighted by Crippen LogP contribution is -2.14. The summed E-state index contributed by atoms with van der Waals surface area (Å²) in [5.41, 5.74) is 4.32. The number of rotatable bonds is 3. The quantitative estimate of drug-likeness (QED) is 0.610. The fourth-order valence-electron chi connectivity index (χ4n) is 2.70. The molecule has 2 heterocycles. The lowest BCUT2D eigenvalue weighted by atomic mass is 10.1. The molecule has 0 atom stereocenters. The van der Waals surface area contributed by atoms with Gasteiger partial charge in [-0.05, 0) is 29.8 Å². The molecule has 0 spiro atoms. The number of carbonyl (C=O) groups is 1. The normalized spacial score (nSPS) is 11.0. The molecule has 0 fully saturated rings. The van der Waals surface area contributed by atoms with Crippen LogP contribution in [-0.2, 0) is 11.2 Å². The highest BCUT2D eigenvalue weighted by Crippen LogP contribution is 2.19. The number of aromatic amines is 1. The summed E-state index contributed by atoms with van der Waals surface area (Å²) in [5, 5.41) is 3.99. The van der Waals surface area contributed by atoms with Gasteiger partial charge in [-0.2, -0.15) is 0 Å². The summed E-state index contributed by atoms with van der Waals surface area (Å²) in [4.78, 5) is 23.9. The molecule has 23 heavy (non-hydrogen) atoms. The third kappa shape index (κ3) is 2.64. The molecule has 1 amide bonds. The number of aromatic nitrogens is 3. The Labute approximate surface area is 132 Å². The zero-order chi connectivity index (χ0) is 15.6. The number of nitrogens with one attached hydrogen (secondary N) is 2. The fraction of sp³-hybridized carbons (Fsp3) is 0.0556. The van der Waals surface area contributed by atoms with Crippen LogP contribution in [0.4, 0.5) is 5.69 Å². The minimum atomic E-state index is -0.0574. The molecule has 112 valence electrons. The first-order chi connectivity index (χ1) is 11.3. The number of amides is 1. The van der Waals surface area contributed by atoms with Gasteiger partial charge in [0.2, 0.25) is 5.91 Å². The van der Waals surface area contributed by atoms with Crippen LogP contribution in [0.2, 0.25) is 0 Å². The molecule has 0 unspecified atom stereocenters. The first-order valence-electron chi connectivity index (χ1n) is 7.35. The number of fused-ring (bicyclic) bond motifs is 2. The largest absolute Gasteiger partial charge is 0.361 e. The van der Waals surface area contributed by atoms with Crippen LogP contribution in [0, 0.1) is 0 Å². The molecule has 0 saturated heterocycles. The van der Waals surface area contributed by atoms with Crippen LogP contribution in [0.15, 0.2) is 61.1 Å². The summed E-state index contributed by atoms with van der Waals surface area (Å²) in [6, 6.07) is 13.5. The number of benzene rings is 2. The topological polar surface area (TPSA) is 70.7 Å². The van der Waals surface area contributed by atoms with Crippen LogP contribution in [0.5, 0.6) is 0 Å². The van der Waals surface area contributed by atoms with Crippen LogP contribution in [-0.4, -0.2) is 20.9 Å². The van der Waals surface area contributed by atoms with Crippen LogP contribution in [0.25, 0.3) is 21.9 Å². The molecule has 5 heteroatoms. The minimum Gasteiger partial charge on any atom is -0.361 e. The van der Waals surface area contributed by atoms with Gasteiger partial charge in [-0.3, -0.25) is 14.8 Å². The molecular weight excluding hydrogens is 288 g/mol. The summed E-state index contributed by atoms with van der Waals surface area (Å²) >= 11 is 0. The number of H-pyrrole nitrogens is 1. The predicted octanol–water partition coefficient (Wildman–Crippen LogP) is 3.29. The molecule has 0 radical (unpaired) electrons. The van der Waals surface area contributed by atoms with Gasteiger partial charge in [0.1, 0.15) is 0 Å². The Kier molecular flexibility index (Phi) is 3.24. The Morgan fingerprint density at radius 2 is 1.87 bits per heavy atom. The van der Waals surface area contributed by atoms with Gasteiger partial charge in [0, 0.05) is 35.2 Å². The molecule has 0 aliphatic heterocycles. The van der Waals surface area contributed by atoms with E-state index in [1.807, 2.05) is 48.7 Å². The average Bonchev–Trinajstić information content (AvgIpc) is 2.98. The molecule has 0 bridgehead atoms. The van der Waals surface area contributed by atoms with Gasteiger partial charge in [0.15, 0.2) is 0 Å². The highest BCUT2D eigenvalue weighted by molar-refractivity contribution is 5.96. The van der Waals surface area contributed by atoms with E-state index in [0.29, 0.717) is 6.42 Å². The average molecular weight is 302 g/mol. The molecule has 0 saturated carbocycles. The van der Waals surface area contributed by atoms with Crippen molar-refractivity contribution in [2.45, 2.75) is 6.42 Å². The number of hydrogen-bond acceptors (Lipinski definition) is 3. The van der Waals surface area contributed by atoms with Crippen molar-refractivity contribution >= 4 is 33.5 Å². The molecule has 2 aromatic carbocycles. The summed E-state index contributed by atoms with van der Waals surface area (Å²) in [5.74, 6) is -0.0574. The van der Waals surface area contributed by atoms with Crippen LogP contribution in [0.1, 0.15) is 5.56 Å². The Morgan fingerprint density at radius 1 is 1.04 bits per heavy atom. The zero-order valence-electron chi connectivity index (χ0n) is 12.3.